The number of anilines is 1. The van der Waals surface area contributed by atoms with Gasteiger partial charge >= 0.3 is 0 Å². The lowest BCUT2D eigenvalue weighted by molar-refractivity contribution is 0.106. The number of nitrogens with one attached hydrogen (secondary N) is 1. The highest BCUT2D eigenvalue weighted by molar-refractivity contribution is 7.19. The second kappa shape index (κ2) is 10.3. The highest BCUT2D eigenvalue weighted by Gasteiger charge is 2.26. The van der Waals surface area contributed by atoms with Crippen LogP contribution in [0.15, 0.2) is 6.07 Å². The van der Waals surface area contributed by atoms with E-state index in [4.69, 9.17) is 16.3 Å². The molecular weight excluding hydrogens is 430 g/mol. The van der Waals surface area contributed by atoms with Crippen LogP contribution in [0.4, 0.5) is 5.82 Å². The third kappa shape index (κ3) is 5.33. The monoisotopic (exact) mass is 463 g/mol. The Labute approximate surface area is 194 Å². The van der Waals surface area contributed by atoms with Gasteiger partial charge in [-0.3, -0.25) is 0 Å². The summed E-state index contributed by atoms with van der Waals surface area (Å²) in [6.45, 7) is 7.76. The van der Waals surface area contributed by atoms with Gasteiger partial charge in [-0.15, -0.1) is 11.3 Å². The molecule has 2 aliphatic heterocycles. The summed E-state index contributed by atoms with van der Waals surface area (Å²) < 4.78 is 6.64. The van der Waals surface area contributed by atoms with Crippen molar-refractivity contribution in [2.24, 2.45) is 5.92 Å². The van der Waals surface area contributed by atoms with Crippen LogP contribution in [0.25, 0.3) is 10.2 Å². The highest BCUT2D eigenvalue weighted by Crippen LogP contribution is 2.33. The minimum Gasteiger partial charge on any atom is -0.378 e. The van der Waals surface area contributed by atoms with Gasteiger partial charge in [-0.1, -0.05) is 19.3 Å². The van der Waals surface area contributed by atoms with Gasteiger partial charge in [-0.25, -0.2) is 4.98 Å². The topological polar surface area (TPSA) is 53.5 Å². The van der Waals surface area contributed by atoms with Crippen molar-refractivity contribution in [3.8, 4) is 0 Å². The van der Waals surface area contributed by atoms with Crippen molar-refractivity contribution in [1.29, 1.82) is 0 Å². The van der Waals surface area contributed by atoms with Crippen LogP contribution in [0.2, 0.25) is 5.28 Å². The van der Waals surface area contributed by atoms with Gasteiger partial charge in [0.25, 0.3) is 0 Å². The van der Waals surface area contributed by atoms with Crippen LogP contribution in [0.1, 0.15) is 49.8 Å². The number of ether oxygens (including phenoxy) is 1. The van der Waals surface area contributed by atoms with E-state index in [2.05, 4.69) is 31.2 Å². The molecule has 1 N–H and O–H groups in total. The Bertz CT molecular complexity index is 857. The van der Waals surface area contributed by atoms with E-state index in [0.717, 1.165) is 67.4 Å². The normalized spacial score (nSPS) is 22.4. The van der Waals surface area contributed by atoms with Gasteiger partial charge in [0.2, 0.25) is 5.28 Å². The van der Waals surface area contributed by atoms with Gasteiger partial charge < -0.3 is 19.9 Å². The number of morpholine rings is 1. The van der Waals surface area contributed by atoms with Gasteiger partial charge in [0.15, 0.2) is 5.82 Å². The largest absolute Gasteiger partial charge is 0.378 e. The lowest BCUT2D eigenvalue weighted by Crippen LogP contribution is -2.43. The summed E-state index contributed by atoms with van der Waals surface area (Å²) in [5.41, 5.74) is 0.962. The predicted molar refractivity (Wildman–Crippen MR) is 128 cm³/mol. The van der Waals surface area contributed by atoms with Gasteiger partial charge in [0.05, 0.1) is 23.4 Å². The fraction of sp³-hybridized carbons (Fsp3) is 0.739. The van der Waals surface area contributed by atoms with Crippen LogP contribution in [0.5, 0.6) is 0 Å². The molecule has 1 aliphatic carbocycles. The van der Waals surface area contributed by atoms with Crippen LogP contribution < -0.4 is 10.2 Å². The Hall–Kier alpha value is -0.990. The molecule has 0 aromatic carbocycles. The maximum absolute atomic E-state index is 6.23. The Kier molecular flexibility index (Phi) is 7.25. The number of piperidine rings is 1. The molecule has 2 saturated heterocycles. The molecule has 2 aromatic rings. The van der Waals surface area contributed by atoms with Crippen LogP contribution in [-0.4, -0.2) is 66.8 Å². The Morgan fingerprint density at radius 3 is 2.58 bits per heavy atom. The Morgan fingerprint density at radius 2 is 1.81 bits per heavy atom. The molecule has 0 atom stereocenters. The van der Waals surface area contributed by atoms with E-state index >= 15 is 0 Å². The van der Waals surface area contributed by atoms with Gasteiger partial charge in [0.1, 0.15) is 0 Å². The molecule has 0 radical (unpaired) electrons. The SMILES string of the molecule is Clc1nc(N2CCOCC2)c2sc(CNCC3CCN(C4CCCCC4)CC3)cc2n1. The fourth-order valence-electron chi connectivity index (χ4n) is 5.38. The van der Waals surface area contributed by atoms with Crippen LogP contribution in [-0.2, 0) is 11.3 Å². The average molecular weight is 464 g/mol. The summed E-state index contributed by atoms with van der Waals surface area (Å²) in [6.07, 6.45) is 9.83. The van der Waals surface area contributed by atoms with Crippen LogP contribution in [0, 0.1) is 5.92 Å². The quantitative estimate of drug-likeness (QED) is 0.644. The van der Waals surface area contributed by atoms with Crippen molar-refractivity contribution in [2.45, 2.75) is 57.5 Å². The fourth-order valence-corrected chi connectivity index (χ4v) is 6.63. The van der Waals surface area contributed by atoms with E-state index in [1.165, 1.54) is 62.9 Å². The Morgan fingerprint density at radius 1 is 1.03 bits per heavy atom. The first-order valence-electron chi connectivity index (χ1n) is 12.0. The van der Waals surface area contributed by atoms with E-state index in [0.29, 0.717) is 5.28 Å². The maximum Gasteiger partial charge on any atom is 0.224 e. The van der Waals surface area contributed by atoms with Crippen molar-refractivity contribution in [2.75, 3.05) is 50.8 Å². The van der Waals surface area contributed by atoms with E-state index in [1.54, 1.807) is 11.3 Å². The average Bonchev–Trinajstić information content (AvgIpc) is 3.22. The third-order valence-corrected chi connectivity index (χ3v) is 8.45. The molecule has 1 saturated carbocycles. The molecular formula is C23H34ClN5OS. The summed E-state index contributed by atoms with van der Waals surface area (Å²) in [6, 6.07) is 3.05. The van der Waals surface area contributed by atoms with E-state index in [-0.39, 0.29) is 0 Å². The summed E-state index contributed by atoms with van der Waals surface area (Å²) in [7, 11) is 0. The zero-order valence-corrected chi connectivity index (χ0v) is 19.9. The van der Waals surface area contributed by atoms with Crippen LogP contribution >= 0.6 is 22.9 Å². The molecule has 170 valence electrons. The van der Waals surface area contributed by atoms with Crippen molar-refractivity contribution in [1.82, 2.24) is 20.2 Å². The number of halogens is 1. The van der Waals surface area contributed by atoms with Gasteiger partial charge in [-0.2, -0.15) is 4.98 Å². The first-order valence-corrected chi connectivity index (χ1v) is 13.2. The first-order chi connectivity index (χ1) is 15.3. The maximum atomic E-state index is 6.23. The third-order valence-electron chi connectivity index (χ3n) is 7.16. The molecule has 0 bridgehead atoms. The highest BCUT2D eigenvalue weighted by atomic mass is 35.5. The number of thiophene rings is 1. The molecule has 4 heterocycles. The first kappa shape index (κ1) is 21.8. The molecule has 3 aliphatic rings. The summed E-state index contributed by atoms with van der Waals surface area (Å²) in [5, 5.41) is 4.05. The molecule has 0 unspecified atom stereocenters. The zero-order chi connectivity index (χ0) is 21.0. The summed E-state index contributed by atoms with van der Waals surface area (Å²) in [5.74, 6) is 1.76. The van der Waals surface area contributed by atoms with Gasteiger partial charge in [-0.05, 0) is 68.9 Å². The number of rotatable bonds is 6. The van der Waals surface area contributed by atoms with Crippen LogP contribution in [0.3, 0.4) is 0 Å². The van der Waals surface area contributed by atoms with E-state index in [9.17, 15) is 0 Å². The number of hydrogen-bond donors (Lipinski definition) is 1. The molecule has 8 heteroatoms. The number of hydrogen-bond acceptors (Lipinski definition) is 7. The smallest absolute Gasteiger partial charge is 0.224 e. The van der Waals surface area contributed by atoms with Crippen molar-refractivity contribution < 1.29 is 4.74 Å². The number of fused-ring (bicyclic) bond motifs is 1. The number of aromatic nitrogens is 2. The number of likely N-dealkylation sites (tertiary alicyclic amines) is 1. The molecule has 31 heavy (non-hydrogen) atoms. The molecule has 2 aromatic heterocycles. The molecule has 0 spiro atoms. The lowest BCUT2D eigenvalue weighted by atomic mass is 9.90. The second-order valence-electron chi connectivity index (χ2n) is 9.24. The predicted octanol–water partition coefficient (Wildman–Crippen LogP) is 4.32. The minimum atomic E-state index is 0.330. The van der Waals surface area contributed by atoms with Crippen molar-refractivity contribution in [3.05, 3.63) is 16.2 Å². The lowest BCUT2D eigenvalue weighted by Gasteiger charge is -2.39. The zero-order valence-electron chi connectivity index (χ0n) is 18.3. The van der Waals surface area contributed by atoms with E-state index in [1.807, 2.05) is 0 Å². The molecule has 5 rings (SSSR count). The molecule has 3 fully saturated rings. The molecule has 6 nitrogen and oxygen atoms in total. The van der Waals surface area contributed by atoms with Crippen molar-refractivity contribution >= 4 is 39.0 Å². The molecule has 0 amide bonds. The second-order valence-corrected chi connectivity index (χ2v) is 10.7. The Balaban J connectivity index is 1.14. The minimum absolute atomic E-state index is 0.330. The van der Waals surface area contributed by atoms with Gasteiger partial charge in [0, 0.05) is 30.6 Å². The van der Waals surface area contributed by atoms with E-state index < -0.39 is 0 Å². The summed E-state index contributed by atoms with van der Waals surface area (Å²) in [4.78, 5) is 15.4. The standard InChI is InChI=1S/C23H34ClN5OS/c24-23-26-20-14-19(31-21(20)22(27-23)29-10-12-30-13-11-29)16-25-15-17-6-8-28(9-7-17)18-4-2-1-3-5-18/h14,17-18,25H,1-13,15-16H2. The summed E-state index contributed by atoms with van der Waals surface area (Å²) >= 11 is 8.03. The van der Waals surface area contributed by atoms with Crippen molar-refractivity contribution in [3.63, 3.8) is 0 Å². The number of nitrogens with zero attached hydrogens (tertiary/aromatic N) is 4.